The molecule has 1 N–H and O–H groups in total. The zero-order valence-corrected chi connectivity index (χ0v) is 11.7. The van der Waals surface area contributed by atoms with Crippen LogP contribution in [0.3, 0.4) is 0 Å². The Morgan fingerprint density at radius 2 is 1.94 bits per heavy atom. The molecule has 1 saturated heterocycles. The van der Waals surface area contributed by atoms with Gasteiger partial charge in [0.15, 0.2) is 0 Å². The van der Waals surface area contributed by atoms with Gasteiger partial charge >= 0.3 is 0 Å². The van der Waals surface area contributed by atoms with Crippen molar-refractivity contribution in [3.63, 3.8) is 0 Å². The lowest BCUT2D eigenvalue weighted by Gasteiger charge is -2.27. The highest BCUT2D eigenvalue weighted by Crippen LogP contribution is 2.58. The van der Waals surface area contributed by atoms with Gasteiger partial charge in [-0.05, 0) is 31.5 Å². The smallest absolute Gasteiger partial charge is 0.123 e. The third-order valence-corrected chi connectivity index (χ3v) is 6.45. The summed E-state index contributed by atoms with van der Waals surface area (Å²) in [7, 11) is 5.37. The standard InChI is InChI=1S/C12H16FNOS2/c1-12(2)11(15-14-3)10(16-17-12)8-4-6-9(13)7-5-8/h4-7,10-11,14H,1-3H3. The molecule has 5 heteroatoms. The number of halogens is 1. The largest absolute Gasteiger partial charge is 0.296 e. The third kappa shape index (κ3) is 2.78. The van der Waals surface area contributed by atoms with Gasteiger partial charge in [0.2, 0.25) is 0 Å². The van der Waals surface area contributed by atoms with Gasteiger partial charge in [-0.2, -0.15) is 0 Å². The monoisotopic (exact) mass is 273 g/mol. The number of hydrogen-bond acceptors (Lipinski definition) is 4. The molecule has 0 aromatic heterocycles. The average molecular weight is 273 g/mol. The quantitative estimate of drug-likeness (QED) is 0.671. The predicted octanol–water partition coefficient (Wildman–Crippen LogP) is 3.56. The van der Waals surface area contributed by atoms with Crippen LogP contribution in [0.4, 0.5) is 4.39 Å². The molecule has 1 heterocycles. The van der Waals surface area contributed by atoms with Crippen molar-refractivity contribution in [2.75, 3.05) is 7.05 Å². The molecule has 1 fully saturated rings. The number of benzene rings is 1. The van der Waals surface area contributed by atoms with Crippen molar-refractivity contribution in [2.45, 2.75) is 29.9 Å². The first-order valence-electron chi connectivity index (χ1n) is 5.47. The van der Waals surface area contributed by atoms with Gasteiger partial charge in [-0.25, -0.2) is 9.87 Å². The Kier molecular flexibility index (Phi) is 4.02. The van der Waals surface area contributed by atoms with Gasteiger partial charge in [-0.1, -0.05) is 33.7 Å². The summed E-state index contributed by atoms with van der Waals surface area (Å²) in [6.45, 7) is 4.33. The van der Waals surface area contributed by atoms with Crippen LogP contribution in [0.15, 0.2) is 24.3 Å². The van der Waals surface area contributed by atoms with Crippen molar-refractivity contribution in [1.82, 2.24) is 5.48 Å². The fraction of sp³-hybridized carbons (Fsp3) is 0.500. The van der Waals surface area contributed by atoms with Crippen LogP contribution in [0, 0.1) is 5.82 Å². The molecule has 1 aromatic rings. The SMILES string of the molecule is CNOC1C(c2ccc(F)cc2)SSC1(C)C. The molecule has 94 valence electrons. The van der Waals surface area contributed by atoms with E-state index in [1.54, 1.807) is 17.8 Å². The Hall–Kier alpha value is -0.230. The van der Waals surface area contributed by atoms with Crippen LogP contribution in [-0.2, 0) is 4.84 Å². The van der Waals surface area contributed by atoms with Crippen molar-refractivity contribution in [3.05, 3.63) is 35.6 Å². The summed E-state index contributed by atoms with van der Waals surface area (Å²) in [5.74, 6) is -0.199. The number of hydroxylamine groups is 1. The summed E-state index contributed by atoms with van der Waals surface area (Å²) in [5.41, 5.74) is 3.88. The molecule has 2 nitrogen and oxygen atoms in total. The molecule has 0 radical (unpaired) electrons. The molecule has 0 spiro atoms. The van der Waals surface area contributed by atoms with Crippen LogP contribution in [0.5, 0.6) is 0 Å². The van der Waals surface area contributed by atoms with Gasteiger partial charge in [-0.3, -0.25) is 4.84 Å². The molecule has 2 unspecified atom stereocenters. The second-order valence-electron chi connectivity index (χ2n) is 4.50. The van der Waals surface area contributed by atoms with E-state index in [-0.39, 0.29) is 21.9 Å². The van der Waals surface area contributed by atoms with E-state index in [2.05, 4.69) is 19.3 Å². The topological polar surface area (TPSA) is 21.3 Å². The van der Waals surface area contributed by atoms with E-state index >= 15 is 0 Å². The van der Waals surface area contributed by atoms with E-state index in [0.717, 1.165) is 5.56 Å². The van der Waals surface area contributed by atoms with Crippen LogP contribution >= 0.6 is 21.6 Å². The highest BCUT2D eigenvalue weighted by molar-refractivity contribution is 8.77. The van der Waals surface area contributed by atoms with Gasteiger partial charge in [0, 0.05) is 7.05 Å². The van der Waals surface area contributed by atoms with Crippen LogP contribution in [-0.4, -0.2) is 17.9 Å². The Labute approximate surface area is 109 Å². The van der Waals surface area contributed by atoms with Crippen LogP contribution in [0.25, 0.3) is 0 Å². The molecule has 1 aliphatic heterocycles. The van der Waals surface area contributed by atoms with Gasteiger partial charge in [0.1, 0.15) is 11.9 Å². The predicted molar refractivity (Wildman–Crippen MR) is 72.3 cm³/mol. The van der Waals surface area contributed by atoms with Gasteiger partial charge in [-0.15, -0.1) is 0 Å². The fourth-order valence-electron chi connectivity index (χ4n) is 1.85. The second kappa shape index (κ2) is 5.18. The van der Waals surface area contributed by atoms with Crippen molar-refractivity contribution < 1.29 is 9.23 Å². The molecule has 1 aliphatic rings. The molecule has 0 saturated carbocycles. The molecule has 1 aromatic carbocycles. The van der Waals surface area contributed by atoms with Gasteiger partial charge in [0.25, 0.3) is 0 Å². The molecule has 17 heavy (non-hydrogen) atoms. The maximum Gasteiger partial charge on any atom is 0.123 e. The molecule has 2 atom stereocenters. The second-order valence-corrected chi connectivity index (χ2v) is 7.49. The fourth-order valence-corrected chi connectivity index (χ4v) is 5.31. The highest BCUT2D eigenvalue weighted by Gasteiger charge is 2.45. The molecule has 0 bridgehead atoms. The van der Waals surface area contributed by atoms with Crippen LogP contribution in [0.2, 0.25) is 0 Å². The lowest BCUT2D eigenvalue weighted by Crippen LogP contribution is -2.37. The van der Waals surface area contributed by atoms with E-state index in [1.807, 2.05) is 22.9 Å². The van der Waals surface area contributed by atoms with E-state index in [4.69, 9.17) is 4.84 Å². The van der Waals surface area contributed by atoms with E-state index in [9.17, 15) is 4.39 Å². The zero-order valence-electron chi connectivity index (χ0n) is 10.1. The maximum atomic E-state index is 12.9. The van der Waals surface area contributed by atoms with Crippen molar-refractivity contribution in [1.29, 1.82) is 0 Å². The van der Waals surface area contributed by atoms with E-state index in [0.29, 0.717) is 0 Å². The lowest BCUT2D eigenvalue weighted by atomic mass is 9.97. The number of rotatable bonds is 3. The average Bonchev–Trinajstić information content (AvgIpc) is 2.57. The van der Waals surface area contributed by atoms with Crippen molar-refractivity contribution >= 4 is 21.6 Å². The summed E-state index contributed by atoms with van der Waals surface area (Å²) in [6.07, 6.45) is 0.0629. The molecule has 0 amide bonds. The van der Waals surface area contributed by atoms with Crippen LogP contribution in [0.1, 0.15) is 24.7 Å². The molecule has 2 rings (SSSR count). The summed E-state index contributed by atoms with van der Waals surface area (Å²) >= 11 is 0. The Morgan fingerprint density at radius 3 is 2.53 bits per heavy atom. The van der Waals surface area contributed by atoms with Gasteiger partial charge in [0.05, 0.1) is 10.00 Å². The zero-order chi connectivity index (χ0) is 12.5. The minimum absolute atomic E-state index is 0.0345. The van der Waals surface area contributed by atoms with Gasteiger partial charge < -0.3 is 0 Å². The van der Waals surface area contributed by atoms with Crippen molar-refractivity contribution in [2.24, 2.45) is 0 Å². The Balaban J connectivity index is 2.23. The van der Waals surface area contributed by atoms with E-state index in [1.165, 1.54) is 12.1 Å². The maximum absolute atomic E-state index is 12.9. The summed E-state index contributed by atoms with van der Waals surface area (Å²) in [4.78, 5) is 5.63. The minimum atomic E-state index is -0.199. The third-order valence-electron chi connectivity index (χ3n) is 2.77. The number of nitrogens with one attached hydrogen (secondary N) is 1. The Morgan fingerprint density at radius 1 is 1.29 bits per heavy atom. The minimum Gasteiger partial charge on any atom is -0.296 e. The number of hydrogen-bond donors (Lipinski definition) is 1. The summed E-state index contributed by atoms with van der Waals surface area (Å²) in [6, 6.07) is 6.67. The first-order valence-corrected chi connectivity index (χ1v) is 7.68. The molecule has 0 aliphatic carbocycles. The lowest BCUT2D eigenvalue weighted by molar-refractivity contribution is -0.0264. The van der Waals surface area contributed by atoms with Crippen molar-refractivity contribution in [3.8, 4) is 0 Å². The molecular formula is C12H16FNOS2. The highest BCUT2D eigenvalue weighted by atomic mass is 33.1. The first kappa shape index (κ1) is 13.2. The Bertz CT molecular complexity index is 383. The summed E-state index contributed by atoms with van der Waals surface area (Å²) in [5, 5.41) is 0.225. The normalized spacial score (nSPS) is 27.3. The van der Waals surface area contributed by atoms with E-state index < -0.39 is 0 Å². The first-order chi connectivity index (χ1) is 8.04. The molecular weight excluding hydrogens is 257 g/mol. The van der Waals surface area contributed by atoms with Crippen LogP contribution < -0.4 is 5.48 Å². The summed E-state index contributed by atoms with van der Waals surface area (Å²) < 4.78 is 12.9.